The van der Waals surface area contributed by atoms with Crippen molar-refractivity contribution in [3.8, 4) is 0 Å². The van der Waals surface area contributed by atoms with E-state index in [1.54, 1.807) is 13.1 Å². The number of carbonyl (C=O) groups excluding carboxylic acids is 1. The molecule has 26 heavy (non-hydrogen) atoms. The lowest BCUT2D eigenvalue weighted by Gasteiger charge is -2.19. The zero-order chi connectivity index (χ0) is 18.1. The minimum atomic E-state index is -0.0227. The Kier molecular flexibility index (Phi) is 4.12. The Morgan fingerprint density at radius 3 is 2.85 bits per heavy atom. The lowest BCUT2D eigenvalue weighted by Crippen LogP contribution is -2.29. The van der Waals surface area contributed by atoms with Crippen LogP contribution in [0.4, 0.5) is 11.5 Å². The summed E-state index contributed by atoms with van der Waals surface area (Å²) in [6.45, 7) is 2.94. The van der Waals surface area contributed by atoms with Crippen LogP contribution in [-0.2, 0) is 13.0 Å². The molecular formula is C19H19N5O2. The van der Waals surface area contributed by atoms with Gasteiger partial charge >= 0.3 is 0 Å². The van der Waals surface area contributed by atoms with Crippen LogP contribution < -0.4 is 9.80 Å². The monoisotopic (exact) mass is 349 g/mol. The Morgan fingerprint density at radius 2 is 2.12 bits per heavy atom. The number of aromatic nitrogens is 3. The van der Waals surface area contributed by atoms with Gasteiger partial charge in [0.05, 0.1) is 12.1 Å². The fourth-order valence-electron chi connectivity index (χ4n) is 3.14. The largest absolute Gasteiger partial charge is 0.352 e. The predicted octanol–water partition coefficient (Wildman–Crippen LogP) is 2.61. The van der Waals surface area contributed by atoms with Crippen molar-refractivity contribution in [1.29, 1.82) is 0 Å². The maximum Gasteiger partial charge on any atom is 0.259 e. The maximum atomic E-state index is 12.8. The molecule has 0 spiro atoms. The third-order valence-electron chi connectivity index (χ3n) is 4.47. The zero-order valence-electron chi connectivity index (χ0n) is 14.7. The molecule has 7 heteroatoms. The van der Waals surface area contributed by atoms with Gasteiger partial charge in [-0.15, -0.1) is 0 Å². The van der Waals surface area contributed by atoms with Gasteiger partial charge in [-0.25, -0.2) is 4.98 Å². The van der Waals surface area contributed by atoms with E-state index in [2.05, 4.69) is 21.2 Å². The van der Waals surface area contributed by atoms with Gasteiger partial charge in [0.25, 0.3) is 5.91 Å². The number of benzene rings is 1. The smallest absolute Gasteiger partial charge is 0.259 e. The number of rotatable bonds is 4. The van der Waals surface area contributed by atoms with Gasteiger partial charge in [-0.2, -0.15) is 4.98 Å². The van der Waals surface area contributed by atoms with Gasteiger partial charge in [0, 0.05) is 32.4 Å². The first-order valence-electron chi connectivity index (χ1n) is 8.48. The molecule has 132 valence electrons. The van der Waals surface area contributed by atoms with E-state index >= 15 is 0 Å². The molecule has 0 atom stereocenters. The van der Waals surface area contributed by atoms with Crippen LogP contribution in [0, 0.1) is 6.92 Å². The summed E-state index contributed by atoms with van der Waals surface area (Å²) in [7, 11) is 1.90. The van der Waals surface area contributed by atoms with Crippen LogP contribution in [0.2, 0.25) is 0 Å². The standard InChI is InChI=1S/C19H19N5O2/c1-13-21-17(22-26-13)12-23(2)18-8-7-15(11-20-18)19(25)24-10-9-14-5-3-4-6-16(14)24/h3-8,11H,9-10,12H2,1-2H3. The highest BCUT2D eigenvalue weighted by molar-refractivity contribution is 6.07. The number of aryl methyl sites for hydroxylation is 1. The van der Waals surface area contributed by atoms with Crippen molar-refractivity contribution in [3.05, 3.63) is 65.4 Å². The second-order valence-corrected chi connectivity index (χ2v) is 6.33. The van der Waals surface area contributed by atoms with Gasteiger partial charge in [0.1, 0.15) is 5.82 Å². The first kappa shape index (κ1) is 16.3. The first-order chi connectivity index (χ1) is 12.6. The molecular weight excluding hydrogens is 330 g/mol. The molecule has 0 N–H and O–H groups in total. The van der Waals surface area contributed by atoms with Gasteiger partial charge in [-0.1, -0.05) is 23.4 Å². The molecule has 4 rings (SSSR count). The van der Waals surface area contributed by atoms with Crippen molar-refractivity contribution in [2.45, 2.75) is 19.9 Å². The van der Waals surface area contributed by atoms with E-state index in [9.17, 15) is 4.79 Å². The fourth-order valence-corrected chi connectivity index (χ4v) is 3.14. The summed E-state index contributed by atoms with van der Waals surface area (Å²) in [6.07, 6.45) is 2.51. The van der Waals surface area contributed by atoms with E-state index in [1.807, 2.05) is 47.2 Å². The number of carbonyl (C=O) groups is 1. The van der Waals surface area contributed by atoms with Crippen LogP contribution in [0.3, 0.4) is 0 Å². The molecule has 1 amide bonds. The highest BCUT2D eigenvalue weighted by atomic mass is 16.5. The molecule has 1 aliphatic rings. The number of hydrogen-bond donors (Lipinski definition) is 0. The van der Waals surface area contributed by atoms with Gasteiger partial charge in [0.2, 0.25) is 5.89 Å². The third-order valence-corrected chi connectivity index (χ3v) is 4.47. The van der Waals surface area contributed by atoms with Crippen LogP contribution >= 0.6 is 0 Å². The van der Waals surface area contributed by atoms with Gasteiger partial charge < -0.3 is 14.3 Å². The highest BCUT2D eigenvalue weighted by Crippen LogP contribution is 2.28. The van der Waals surface area contributed by atoms with Crippen LogP contribution in [0.5, 0.6) is 0 Å². The molecule has 0 unspecified atom stereocenters. The van der Waals surface area contributed by atoms with Crippen molar-refractivity contribution in [2.24, 2.45) is 0 Å². The second kappa shape index (κ2) is 6.59. The topological polar surface area (TPSA) is 75.4 Å². The van der Waals surface area contributed by atoms with Crippen molar-refractivity contribution in [3.63, 3.8) is 0 Å². The number of amides is 1. The second-order valence-electron chi connectivity index (χ2n) is 6.33. The molecule has 1 aromatic carbocycles. The molecule has 1 aliphatic heterocycles. The highest BCUT2D eigenvalue weighted by Gasteiger charge is 2.25. The van der Waals surface area contributed by atoms with Crippen LogP contribution in [0.15, 0.2) is 47.1 Å². The van der Waals surface area contributed by atoms with E-state index in [0.717, 1.165) is 17.9 Å². The SMILES string of the molecule is Cc1nc(CN(C)c2ccc(C(=O)N3CCc4ccccc43)cn2)no1. The number of fused-ring (bicyclic) bond motifs is 1. The van der Waals surface area contributed by atoms with E-state index in [-0.39, 0.29) is 5.91 Å². The Hall–Kier alpha value is -3.22. The number of para-hydroxylation sites is 1. The summed E-state index contributed by atoms with van der Waals surface area (Å²) in [5.74, 6) is 1.85. The summed E-state index contributed by atoms with van der Waals surface area (Å²) < 4.78 is 4.98. The molecule has 0 saturated carbocycles. The van der Waals surface area contributed by atoms with Crippen molar-refractivity contribution >= 4 is 17.4 Å². The quantitative estimate of drug-likeness (QED) is 0.721. The van der Waals surface area contributed by atoms with Crippen LogP contribution in [0.1, 0.15) is 27.6 Å². The number of hydrogen-bond acceptors (Lipinski definition) is 6. The Morgan fingerprint density at radius 1 is 1.27 bits per heavy atom. The van der Waals surface area contributed by atoms with Gasteiger partial charge in [-0.05, 0) is 30.2 Å². The fraction of sp³-hybridized carbons (Fsp3) is 0.263. The first-order valence-corrected chi connectivity index (χ1v) is 8.48. The molecule has 0 bridgehead atoms. The van der Waals surface area contributed by atoms with Crippen LogP contribution in [-0.4, -0.2) is 34.6 Å². The molecule has 0 fully saturated rings. The third kappa shape index (κ3) is 3.03. The minimum Gasteiger partial charge on any atom is -0.352 e. The molecule has 0 aliphatic carbocycles. The number of pyridine rings is 1. The maximum absolute atomic E-state index is 12.8. The average molecular weight is 349 g/mol. The summed E-state index contributed by atoms with van der Waals surface area (Å²) in [5.41, 5.74) is 2.78. The van der Waals surface area contributed by atoms with Crippen molar-refractivity contribution < 1.29 is 9.32 Å². The molecule has 3 aromatic rings. The molecule has 2 aromatic heterocycles. The van der Waals surface area contributed by atoms with E-state index in [0.29, 0.717) is 30.4 Å². The van der Waals surface area contributed by atoms with E-state index < -0.39 is 0 Å². The van der Waals surface area contributed by atoms with Crippen molar-refractivity contribution in [1.82, 2.24) is 15.1 Å². The van der Waals surface area contributed by atoms with Gasteiger partial charge in [0.15, 0.2) is 5.82 Å². The normalized spacial score (nSPS) is 12.9. The Bertz CT molecular complexity index is 935. The lowest BCUT2D eigenvalue weighted by molar-refractivity contribution is 0.0989. The average Bonchev–Trinajstić information content (AvgIpc) is 3.27. The van der Waals surface area contributed by atoms with Gasteiger partial charge in [-0.3, -0.25) is 4.79 Å². The molecule has 0 saturated heterocycles. The minimum absolute atomic E-state index is 0.0227. The van der Waals surface area contributed by atoms with E-state index in [1.165, 1.54) is 5.56 Å². The summed E-state index contributed by atoms with van der Waals surface area (Å²) in [6, 6.07) is 11.7. The number of nitrogens with zero attached hydrogens (tertiary/aromatic N) is 5. The number of anilines is 2. The Balaban J connectivity index is 1.48. The zero-order valence-corrected chi connectivity index (χ0v) is 14.7. The summed E-state index contributed by atoms with van der Waals surface area (Å²) in [4.78, 5) is 25.2. The summed E-state index contributed by atoms with van der Waals surface area (Å²) in [5, 5.41) is 3.88. The molecule has 0 radical (unpaired) electrons. The molecule has 7 nitrogen and oxygen atoms in total. The molecule has 3 heterocycles. The van der Waals surface area contributed by atoms with E-state index in [4.69, 9.17) is 4.52 Å². The lowest BCUT2D eigenvalue weighted by atomic mass is 10.2. The Labute approximate surface area is 151 Å². The predicted molar refractivity (Wildman–Crippen MR) is 97.2 cm³/mol. The summed E-state index contributed by atoms with van der Waals surface area (Å²) >= 11 is 0. The van der Waals surface area contributed by atoms with Crippen molar-refractivity contribution in [2.75, 3.05) is 23.4 Å². The van der Waals surface area contributed by atoms with Crippen LogP contribution in [0.25, 0.3) is 0 Å².